The number of rotatable bonds is 5. The molecule has 0 radical (unpaired) electrons. The highest BCUT2D eigenvalue weighted by atomic mass is 32.2. The second-order valence-corrected chi connectivity index (χ2v) is 10.1. The van der Waals surface area contributed by atoms with E-state index < -0.39 is 10.0 Å². The van der Waals surface area contributed by atoms with Crippen molar-refractivity contribution in [2.24, 2.45) is 7.05 Å². The van der Waals surface area contributed by atoms with Crippen molar-refractivity contribution in [1.82, 2.24) is 24.1 Å². The third-order valence-corrected chi connectivity index (χ3v) is 7.74. The molecule has 0 unspecified atom stereocenters. The van der Waals surface area contributed by atoms with E-state index in [9.17, 15) is 13.2 Å². The number of benzene rings is 2. The van der Waals surface area contributed by atoms with Crippen LogP contribution >= 0.6 is 0 Å². The molecule has 8 nitrogen and oxygen atoms in total. The molecule has 0 atom stereocenters. The Labute approximate surface area is 194 Å². The van der Waals surface area contributed by atoms with Crippen molar-refractivity contribution in [2.75, 3.05) is 26.2 Å². The quantitative estimate of drug-likeness (QED) is 0.625. The fourth-order valence-electron chi connectivity index (χ4n) is 3.98. The normalized spacial score (nSPS) is 15.4. The van der Waals surface area contributed by atoms with Crippen LogP contribution in [0.1, 0.15) is 29.4 Å². The molecule has 0 spiro atoms. The standard InChI is InChI=1S/C24H29N5O3S/c1-19-25-22(18-27(19)2)33(31,32)29-15-9-14-28(16-17-29)24(30)26-23(20-10-5-3-6-11-20)21-12-7-4-8-13-21/h3-8,10-13,18,23H,9,14-17H2,1-2H3,(H,26,30). The zero-order valence-electron chi connectivity index (χ0n) is 18.9. The van der Waals surface area contributed by atoms with E-state index >= 15 is 0 Å². The number of aryl methyl sites for hydroxylation is 2. The van der Waals surface area contributed by atoms with Crippen LogP contribution in [0.4, 0.5) is 4.79 Å². The number of carbonyl (C=O) groups is 1. The van der Waals surface area contributed by atoms with E-state index in [1.54, 1.807) is 23.4 Å². The highest BCUT2D eigenvalue weighted by molar-refractivity contribution is 7.89. The first-order valence-corrected chi connectivity index (χ1v) is 12.5. The third-order valence-electron chi connectivity index (χ3n) is 5.97. The van der Waals surface area contributed by atoms with Gasteiger partial charge in [-0.25, -0.2) is 18.2 Å². The monoisotopic (exact) mass is 467 g/mol. The maximum atomic E-state index is 13.2. The predicted molar refractivity (Wildman–Crippen MR) is 126 cm³/mol. The van der Waals surface area contributed by atoms with Crippen LogP contribution in [0.2, 0.25) is 0 Å². The Hall–Kier alpha value is -3.17. The average molecular weight is 468 g/mol. The summed E-state index contributed by atoms with van der Waals surface area (Å²) in [6, 6.07) is 19.1. The lowest BCUT2D eigenvalue weighted by molar-refractivity contribution is 0.198. The van der Waals surface area contributed by atoms with E-state index in [4.69, 9.17) is 0 Å². The first-order valence-electron chi connectivity index (χ1n) is 11.0. The molecular formula is C24H29N5O3S. The van der Waals surface area contributed by atoms with Gasteiger partial charge in [-0.15, -0.1) is 0 Å². The summed E-state index contributed by atoms with van der Waals surface area (Å²) in [5.74, 6) is 0.636. The van der Waals surface area contributed by atoms with Crippen LogP contribution in [-0.2, 0) is 17.1 Å². The molecule has 4 rings (SSSR count). The van der Waals surface area contributed by atoms with E-state index in [-0.39, 0.29) is 23.6 Å². The number of nitrogens with one attached hydrogen (secondary N) is 1. The molecule has 3 aromatic rings. The summed E-state index contributed by atoms with van der Waals surface area (Å²) in [6.45, 7) is 3.14. The van der Waals surface area contributed by atoms with E-state index in [1.807, 2.05) is 60.7 Å². The Morgan fingerprint density at radius 2 is 1.55 bits per heavy atom. The topological polar surface area (TPSA) is 87.5 Å². The van der Waals surface area contributed by atoms with Crippen molar-refractivity contribution in [2.45, 2.75) is 24.4 Å². The third kappa shape index (κ3) is 5.09. The Bertz CT molecular complexity index is 1140. The second-order valence-electron chi connectivity index (χ2n) is 8.19. The van der Waals surface area contributed by atoms with Gasteiger partial charge in [-0.05, 0) is 24.5 Å². The number of aromatic nitrogens is 2. The van der Waals surface area contributed by atoms with Crippen LogP contribution in [0, 0.1) is 6.92 Å². The lowest BCUT2D eigenvalue weighted by Crippen LogP contribution is -2.44. The van der Waals surface area contributed by atoms with E-state index in [2.05, 4.69) is 10.3 Å². The van der Waals surface area contributed by atoms with Gasteiger partial charge in [0.25, 0.3) is 10.0 Å². The van der Waals surface area contributed by atoms with E-state index in [0.717, 1.165) is 11.1 Å². The van der Waals surface area contributed by atoms with Crippen LogP contribution in [0.25, 0.3) is 0 Å². The average Bonchev–Trinajstić information content (AvgIpc) is 3.02. The van der Waals surface area contributed by atoms with Gasteiger partial charge in [-0.2, -0.15) is 4.31 Å². The molecule has 1 N–H and O–H groups in total. The van der Waals surface area contributed by atoms with E-state index in [0.29, 0.717) is 31.9 Å². The molecule has 1 aliphatic heterocycles. The molecule has 2 amide bonds. The van der Waals surface area contributed by atoms with Crippen LogP contribution in [0.5, 0.6) is 0 Å². The molecule has 2 heterocycles. The zero-order valence-corrected chi connectivity index (χ0v) is 19.7. The molecule has 1 fully saturated rings. The number of imidazole rings is 1. The van der Waals surface area contributed by atoms with Gasteiger partial charge in [0.1, 0.15) is 5.82 Å². The molecule has 0 bridgehead atoms. The van der Waals surface area contributed by atoms with Crippen molar-refractivity contribution in [1.29, 1.82) is 0 Å². The van der Waals surface area contributed by atoms with Gasteiger partial charge in [0, 0.05) is 39.4 Å². The van der Waals surface area contributed by atoms with Gasteiger partial charge in [0.2, 0.25) is 0 Å². The van der Waals surface area contributed by atoms with Gasteiger partial charge < -0.3 is 14.8 Å². The van der Waals surface area contributed by atoms with Crippen molar-refractivity contribution < 1.29 is 13.2 Å². The lowest BCUT2D eigenvalue weighted by Gasteiger charge is -2.26. The highest BCUT2D eigenvalue weighted by Gasteiger charge is 2.31. The molecule has 174 valence electrons. The fraction of sp³-hybridized carbons (Fsp3) is 0.333. The molecule has 0 aliphatic carbocycles. The molecular weight excluding hydrogens is 438 g/mol. The molecule has 1 aliphatic rings. The summed E-state index contributed by atoms with van der Waals surface area (Å²) in [7, 11) is -1.93. The first-order chi connectivity index (χ1) is 15.9. The smallest absolute Gasteiger partial charge is 0.318 e. The van der Waals surface area contributed by atoms with E-state index in [1.165, 1.54) is 10.5 Å². The molecule has 1 saturated heterocycles. The highest BCUT2D eigenvalue weighted by Crippen LogP contribution is 2.23. The Balaban J connectivity index is 1.48. The number of sulfonamides is 1. The minimum Gasteiger partial charge on any atom is -0.337 e. The summed E-state index contributed by atoms with van der Waals surface area (Å²) < 4.78 is 29.2. The largest absolute Gasteiger partial charge is 0.337 e. The number of amides is 2. The number of hydrogen-bond acceptors (Lipinski definition) is 4. The summed E-state index contributed by atoms with van der Waals surface area (Å²) >= 11 is 0. The van der Waals surface area contributed by atoms with Crippen molar-refractivity contribution >= 4 is 16.1 Å². The van der Waals surface area contributed by atoms with Crippen LogP contribution in [0.3, 0.4) is 0 Å². The SMILES string of the molecule is Cc1nc(S(=O)(=O)N2CCCN(C(=O)NC(c3ccccc3)c3ccccc3)CC2)cn1C. The summed E-state index contributed by atoms with van der Waals surface area (Å²) in [5.41, 5.74) is 1.98. The Morgan fingerprint density at radius 3 is 2.09 bits per heavy atom. The Morgan fingerprint density at radius 1 is 0.939 bits per heavy atom. The zero-order chi connectivity index (χ0) is 23.4. The van der Waals surface area contributed by atoms with Crippen LogP contribution in [0.15, 0.2) is 71.9 Å². The molecule has 1 aromatic heterocycles. The van der Waals surface area contributed by atoms with Gasteiger partial charge in [0.05, 0.1) is 6.04 Å². The molecule has 2 aromatic carbocycles. The van der Waals surface area contributed by atoms with Gasteiger partial charge in [0.15, 0.2) is 5.03 Å². The molecule has 33 heavy (non-hydrogen) atoms. The first kappa shape index (κ1) is 23.0. The number of urea groups is 1. The number of carbonyl (C=O) groups excluding carboxylic acids is 1. The lowest BCUT2D eigenvalue weighted by atomic mass is 9.99. The number of hydrogen-bond donors (Lipinski definition) is 1. The molecule has 9 heteroatoms. The van der Waals surface area contributed by atoms with Crippen molar-refractivity contribution in [3.8, 4) is 0 Å². The molecule has 0 saturated carbocycles. The predicted octanol–water partition coefficient (Wildman–Crippen LogP) is 2.92. The summed E-state index contributed by atoms with van der Waals surface area (Å²) in [6.07, 6.45) is 2.09. The maximum absolute atomic E-state index is 13.2. The summed E-state index contributed by atoms with van der Waals surface area (Å²) in [5, 5.41) is 3.20. The van der Waals surface area contributed by atoms with Crippen LogP contribution in [-0.4, -0.2) is 59.4 Å². The Kier molecular flexibility index (Phi) is 6.80. The van der Waals surface area contributed by atoms with Gasteiger partial charge >= 0.3 is 6.03 Å². The van der Waals surface area contributed by atoms with Gasteiger partial charge in [-0.3, -0.25) is 0 Å². The minimum atomic E-state index is -3.70. The summed E-state index contributed by atoms with van der Waals surface area (Å²) in [4.78, 5) is 19.1. The maximum Gasteiger partial charge on any atom is 0.318 e. The van der Waals surface area contributed by atoms with Crippen molar-refractivity contribution in [3.05, 3.63) is 83.8 Å². The fourth-order valence-corrected chi connectivity index (χ4v) is 5.48. The van der Waals surface area contributed by atoms with Crippen molar-refractivity contribution in [3.63, 3.8) is 0 Å². The van der Waals surface area contributed by atoms with Gasteiger partial charge in [-0.1, -0.05) is 60.7 Å². The number of nitrogens with zero attached hydrogens (tertiary/aromatic N) is 4. The second kappa shape index (κ2) is 9.76. The van der Waals surface area contributed by atoms with Crippen LogP contribution < -0.4 is 5.32 Å². The minimum absolute atomic E-state index is 0.0496.